The molecule has 28 heavy (non-hydrogen) atoms. The predicted molar refractivity (Wildman–Crippen MR) is 104 cm³/mol. The molecule has 4 rings (SSSR count). The van der Waals surface area contributed by atoms with Crippen LogP contribution in [0.4, 0.5) is 0 Å². The molecular formula is C20H21N7O. The Morgan fingerprint density at radius 2 is 1.96 bits per heavy atom. The van der Waals surface area contributed by atoms with E-state index in [1.54, 1.807) is 10.7 Å². The molecular weight excluding hydrogens is 354 g/mol. The summed E-state index contributed by atoms with van der Waals surface area (Å²) < 4.78 is 3.66. The van der Waals surface area contributed by atoms with E-state index in [9.17, 15) is 4.79 Å². The van der Waals surface area contributed by atoms with Crippen LogP contribution in [0.2, 0.25) is 0 Å². The molecule has 0 aliphatic carbocycles. The topological polar surface area (TPSA) is 90.0 Å². The average molecular weight is 375 g/mol. The van der Waals surface area contributed by atoms with Gasteiger partial charge >= 0.3 is 0 Å². The Hall–Kier alpha value is -3.55. The molecule has 0 aliphatic heterocycles. The van der Waals surface area contributed by atoms with Crippen molar-refractivity contribution >= 4 is 11.7 Å². The summed E-state index contributed by atoms with van der Waals surface area (Å²) in [5, 5.41) is 7.12. The van der Waals surface area contributed by atoms with Crippen molar-refractivity contribution < 1.29 is 4.79 Å². The van der Waals surface area contributed by atoms with E-state index in [-0.39, 0.29) is 11.7 Å². The SMILES string of the molecule is Cc1cc(C)n2nc(C(=O)NCCc3nccn3Cc3ccccc3)nc2n1. The number of aryl methyl sites for hydroxylation is 2. The fourth-order valence-electron chi connectivity index (χ4n) is 3.12. The van der Waals surface area contributed by atoms with Gasteiger partial charge in [-0.1, -0.05) is 30.3 Å². The van der Waals surface area contributed by atoms with Crippen LogP contribution in [0, 0.1) is 13.8 Å². The van der Waals surface area contributed by atoms with E-state index in [0.29, 0.717) is 18.7 Å². The van der Waals surface area contributed by atoms with E-state index in [1.807, 2.05) is 44.3 Å². The van der Waals surface area contributed by atoms with E-state index in [1.165, 1.54) is 5.56 Å². The fourth-order valence-corrected chi connectivity index (χ4v) is 3.12. The molecule has 3 aromatic heterocycles. The summed E-state index contributed by atoms with van der Waals surface area (Å²) in [5.41, 5.74) is 2.93. The van der Waals surface area contributed by atoms with Gasteiger partial charge in [0.1, 0.15) is 5.82 Å². The first-order valence-electron chi connectivity index (χ1n) is 9.13. The van der Waals surface area contributed by atoms with Crippen LogP contribution < -0.4 is 5.32 Å². The summed E-state index contributed by atoms with van der Waals surface area (Å²) in [6.07, 6.45) is 4.35. The molecule has 0 bridgehead atoms. The molecule has 1 N–H and O–H groups in total. The number of hydrogen-bond donors (Lipinski definition) is 1. The van der Waals surface area contributed by atoms with Gasteiger partial charge in [-0.2, -0.15) is 4.98 Å². The third kappa shape index (κ3) is 3.75. The second-order valence-electron chi connectivity index (χ2n) is 6.65. The van der Waals surface area contributed by atoms with Crippen LogP contribution in [0.15, 0.2) is 48.8 Å². The van der Waals surface area contributed by atoms with Gasteiger partial charge in [0.15, 0.2) is 0 Å². The summed E-state index contributed by atoms with van der Waals surface area (Å²) in [6.45, 7) is 5.00. The van der Waals surface area contributed by atoms with Crippen LogP contribution in [-0.2, 0) is 13.0 Å². The number of imidazole rings is 1. The van der Waals surface area contributed by atoms with Gasteiger partial charge in [0.25, 0.3) is 11.7 Å². The van der Waals surface area contributed by atoms with E-state index < -0.39 is 0 Å². The van der Waals surface area contributed by atoms with Gasteiger partial charge in [-0.05, 0) is 25.5 Å². The summed E-state index contributed by atoms with van der Waals surface area (Å²) in [4.78, 5) is 25.4. The predicted octanol–water partition coefficient (Wildman–Crippen LogP) is 1.96. The highest BCUT2D eigenvalue weighted by Gasteiger charge is 2.15. The van der Waals surface area contributed by atoms with Crippen LogP contribution in [0.3, 0.4) is 0 Å². The van der Waals surface area contributed by atoms with Crippen LogP contribution >= 0.6 is 0 Å². The highest BCUT2D eigenvalue weighted by atomic mass is 16.2. The van der Waals surface area contributed by atoms with Crippen LogP contribution in [0.25, 0.3) is 5.78 Å². The lowest BCUT2D eigenvalue weighted by atomic mass is 10.2. The number of benzene rings is 1. The lowest BCUT2D eigenvalue weighted by Crippen LogP contribution is -2.27. The van der Waals surface area contributed by atoms with Crippen LogP contribution in [0.5, 0.6) is 0 Å². The van der Waals surface area contributed by atoms with Gasteiger partial charge < -0.3 is 9.88 Å². The summed E-state index contributed by atoms with van der Waals surface area (Å²) in [6, 6.07) is 12.1. The normalized spacial score (nSPS) is 11.1. The lowest BCUT2D eigenvalue weighted by Gasteiger charge is -2.08. The molecule has 8 heteroatoms. The van der Waals surface area contributed by atoms with E-state index in [2.05, 4.69) is 42.1 Å². The number of nitrogens with zero attached hydrogens (tertiary/aromatic N) is 6. The molecule has 1 aromatic carbocycles. The molecule has 0 spiro atoms. The van der Waals surface area contributed by atoms with Crippen molar-refractivity contribution in [2.45, 2.75) is 26.8 Å². The molecule has 0 atom stereocenters. The van der Waals surface area contributed by atoms with Crippen LogP contribution in [-0.4, -0.2) is 41.6 Å². The van der Waals surface area contributed by atoms with Crippen molar-refractivity contribution in [3.8, 4) is 0 Å². The molecule has 0 radical (unpaired) electrons. The van der Waals surface area contributed by atoms with Crippen molar-refractivity contribution in [3.63, 3.8) is 0 Å². The van der Waals surface area contributed by atoms with Gasteiger partial charge in [0, 0.05) is 43.3 Å². The van der Waals surface area contributed by atoms with E-state index >= 15 is 0 Å². The molecule has 142 valence electrons. The minimum absolute atomic E-state index is 0.119. The van der Waals surface area contributed by atoms with E-state index in [4.69, 9.17) is 0 Å². The Bertz CT molecular complexity index is 1110. The number of hydrogen-bond acceptors (Lipinski definition) is 5. The quantitative estimate of drug-likeness (QED) is 0.556. The maximum absolute atomic E-state index is 12.4. The Balaban J connectivity index is 1.39. The van der Waals surface area contributed by atoms with Gasteiger partial charge in [-0.15, -0.1) is 5.10 Å². The molecule has 4 aromatic rings. The molecule has 0 unspecified atom stereocenters. The largest absolute Gasteiger partial charge is 0.349 e. The van der Waals surface area contributed by atoms with Gasteiger partial charge in [-0.3, -0.25) is 4.79 Å². The molecule has 0 fully saturated rings. The highest BCUT2D eigenvalue weighted by molar-refractivity contribution is 5.90. The standard InChI is InChI=1S/C20H21N7O/c1-14-12-15(2)27-20(23-14)24-18(25-27)19(28)22-9-8-17-21-10-11-26(17)13-16-6-4-3-5-7-16/h3-7,10-12H,8-9,13H2,1-2H3,(H,22,28). The molecule has 0 saturated carbocycles. The summed E-state index contributed by atoms with van der Waals surface area (Å²) in [5.74, 6) is 1.15. The van der Waals surface area contributed by atoms with Crippen molar-refractivity contribution in [2.75, 3.05) is 6.54 Å². The molecule has 1 amide bonds. The fraction of sp³-hybridized carbons (Fsp3) is 0.250. The molecule has 0 saturated heterocycles. The molecule has 3 heterocycles. The smallest absolute Gasteiger partial charge is 0.291 e. The zero-order valence-corrected chi connectivity index (χ0v) is 15.8. The number of nitrogens with one attached hydrogen (secondary N) is 1. The second-order valence-corrected chi connectivity index (χ2v) is 6.65. The summed E-state index contributed by atoms with van der Waals surface area (Å²) in [7, 11) is 0. The van der Waals surface area contributed by atoms with Crippen LogP contribution in [0.1, 0.15) is 33.4 Å². The first kappa shape index (κ1) is 17.8. The maximum Gasteiger partial charge on any atom is 0.291 e. The van der Waals surface area contributed by atoms with Crippen molar-refractivity contribution in [1.82, 2.24) is 34.4 Å². The van der Waals surface area contributed by atoms with Crippen molar-refractivity contribution in [3.05, 3.63) is 77.4 Å². The van der Waals surface area contributed by atoms with Crippen molar-refractivity contribution in [1.29, 1.82) is 0 Å². The Morgan fingerprint density at radius 3 is 2.79 bits per heavy atom. The highest BCUT2D eigenvalue weighted by Crippen LogP contribution is 2.07. The van der Waals surface area contributed by atoms with Gasteiger partial charge in [0.2, 0.25) is 5.82 Å². The number of fused-ring (bicyclic) bond motifs is 1. The minimum atomic E-state index is -0.316. The average Bonchev–Trinajstić information content (AvgIpc) is 3.30. The zero-order valence-electron chi connectivity index (χ0n) is 15.8. The zero-order chi connectivity index (χ0) is 19.5. The monoisotopic (exact) mass is 375 g/mol. The number of amides is 1. The number of rotatable bonds is 6. The third-order valence-electron chi connectivity index (χ3n) is 4.45. The third-order valence-corrected chi connectivity index (χ3v) is 4.45. The second kappa shape index (κ2) is 7.59. The van der Waals surface area contributed by atoms with Gasteiger partial charge in [0.05, 0.1) is 0 Å². The van der Waals surface area contributed by atoms with Crippen molar-refractivity contribution in [2.24, 2.45) is 0 Å². The van der Waals surface area contributed by atoms with E-state index in [0.717, 1.165) is 23.8 Å². The Kier molecular flexibility index (Phi) is 4.84. The Labute approximate surface area is 162 Å². The number of aromatic nitrogens is 6. The minimum Gasteiger partial charge on any atom is -0.349 e. The molecule has 8 nitrogen and oxygen atoms in total. The first-order chi connectivity index (χ1) is 13.6. The number of carbonyl (C=O) groups excluding carboxylic acids is 1. The summed E-state index contributed by atoms with van der Waals surface area (Å²) >= 11 is 0. The lowest BCUT2D eigenvalue weighted by molar-refractivity contribution is 0.0943. The van der Waals surface area contributed by atoms with Gasteiger partial charge in [-0.25, -0.2) is 14.5 Å². The number of carbonyl (C=O) groups is 1. The molecule has 0 aliphatic rings. The maximum atomic E-state index is 12.4. The first-order valence-corrected chi connectivity index (χ1v) is 9.13. The Morgan fingerprint density at radius 1 is 1.14 bits per heavy atom.